The van der Waals surface area contributed by atoms with Crippen LogP contribution in [0.4, 0.5) is 0 Å². The van der Waals surface area contributed by atoms with Crippen LogP contribution >= 0.6 is 0 Å². The molecule has 1 aliphatic rings. The van der Waals surface area contributed by atoms with E-state index in [4.69, 9.17) is 4.74 Å². The summed E-state index contributed by atoms with van der Waals surface area (Å²) >= 11 is 0. The van der Waals surface area contributed by atoms with Gasteiger partial charge in [0.2, 0.25) is 0 Å². The highest BCUT2D eigenvalue weighted by atomic mass is 16.5. The predicted octanol–water partition coefficient (Wildman–Crippen LogP) is 5.78. The number of rotatable bonds is 5. The monoisotopic (exact) mass is 282 g/mol. The molecule has 0 saturated carbocycles. The molecule has 0 aromatic heterocycles. The van der Waals surface area contributed by atoms with Crippen LogP contribution in [0.15, 0.2) is 0 Å². The molecule has 1 aliphatic heterocycles. The summed E-state index contributed by atoms with van der Waals surface area (Å²) in [6.45, 7) is 2.24. The van der Waals surface area contributed by atoms with Crippen molar-refractivity contribution in [1.29, 1.82) is 0 Å². The van der Waals surface area contributed by atoms with Crippen LogP contribution in [0.2, 0.25) is 0 Å². The van der Waals surface area contributed by atoms with Crippen molar-refractivity contribution < 1.29 is 9.53 Å². The van der Waals surface area contributed by atoms with Crippen LogP contribution in [-0.2, 0) is 9.53 Å². The average Bonchev–Trinajstić information content (AvgIpc) is 2.46. The first kappa shape index (κ1) is 17.5. The van der Waals surface area contributed by atoms with Gasteiger partial charge in [0, 0.05) is 6.42 Å². The maximum absolute atomic E-state index is 11.9. The van der Waals surface area contributed by atoms with Crippen molar-refractivity contribution in [3.05, 3.63) is 0 Å². The molecule has 0 spiro atoms. The fraction of sp³-hybridized carbons (Fsp3) is 0.944. The molecule has 1 saturated heterocycles. The predicted molar refractivity (Wildman–Crippen MR) is 84.8 cm³/mol. The first-order chi connectivity index (χ1) is 9.83. The summed E-state index contributed by atoms with van der Waals surface area (Å²) in [6.07, 6.45) is 18.2. The van der Waals surface area contributed by atoms with Gasteiger partial charge < -0.3 is 4.74 Å². The van der Waals surface area contributed by atoms with Crippen LogP contribution in [0.5, 0.6) is 0 Å². The SMILES string of the molecule is CCCCCCC1CCCCCCCCCCC(=O)O1. The molecule has 2 nitrogen and oxygen atoms in total. The van der Waals surface area contributed by atoms with Crippen LogP contribution in [0.1, 0.15) is 103 Å². The van der Waals surface area contributed by atoms with Crippen molar-refractivity contribution in [2.24, 2.45) is 0 Å². The van der Waals surface area contributed by atoms with Gasteiger partial charge in [-0.05, 0) is 32.1 Å². The fourth-order valence-corrected chi connectivity index (χ4v) is 3.01. The number of carbonyl (C=O) groups is 1. The van der Waals surface area contributed by atoms with Crippen molar-refractivity contribution in [3.63, 3.8) is 0 Å². The smallest absolute Gasteiger partial charge is 0.306 e. The molecule has 118 valence electrons. The van der Waals surface area contributed by atoms with E-state index < -0.39 is 0 Å². The van der Waals surface area contributed by atoms with Gasteiger partial charge in [-0.25, -0.2) is 0 Å². The standard InChI is InChI=1S/C18H34O2/c1-2-3-4-11-14-17-15-12-9-7-5-6-8-10-13-16-18(19)20-17/h17H,2-16H2,1H3. The van der Waals surface area contributed by atoms with Gasteiger partial charge in [-0.3, -0.25) is 4.79 Å². The number of ether oxygens (including phenoxy) is 1. The van der Waals surface area contributed by atoms with E-state index in [0.29, 0.717) is 6.42 Å². The topological polar surface area (TPSA) is 26.3 Å². The van der Waals surface area contributed by atoms with Crippen LogP contribution in [0.3, 0.4) is 0 Å². The van der Waals surface area contributed by atoms with E-state index >= 15 is 0 Å². The second-order valence-corrected chi connectivity index (χ2v) is 6.33. The van der Waals surface area contributed by atoms with E-state index in [9.17, 15) is 4.79 Å². The van der Waals surface area contributed by atoms with Gasteiger partial charge in [0.25, 0.3) is 0 Å². The molecule has 0 N–H and O–H groups in total. The molecule has 0 bridgehead atoms. The van der Waals surface area contributed by atoms with E-state index in [1.54, 1.807) is 0 Å². The van der Waals surface area contributed by atoms with Crippen molar-refractivity contribution in [3.8, 4) is 0 Å². The lowest BCUT2D eigenvalue weighted by molar-refractivity contribution is -0.150. The summed E-state index contributed by atoms with van der Waals surface area (Å²) in [5, 5.41) is 0. The van der Waals surface area contributed by atoms with Crippen molar-refractivity contribution in [1.82, 2.24) is 0 Å². The summed E-state index contributed by atoms with van der Waals surface area (Å²) in [7, 11) is 0. The van der Waals surface area contributed by atoms with Crippen LogP contribution < -0.4 is 0 Å². The third kappa shape index (κ3) is 9.39. The minimum Gasteiger partial charge on any atom is -0.462 e. The highest BCUT2D eigenvalue weighted by Crippen LogP contribution is 2.18. The Labute approximate surface area is 125 Å². The van der Waals surface area contributed by atoms with Crippen LogP contribution in [-0.4, -0.2) is 12.1 Å². The Balaban J connectivity index is 2.31. The molecule has 0 radical (unpaired) electrons. The Kier molecular flexibility index (Phi) is 10.7. The molecule has 1 rings (SSSR count). The Bertz CT molecular complexity index is 238. The normalized spacial score (nSPS) is 23.2. The van der Waals surface area contributed by atoms with E-state index in [1.807, 2.05) is 0 Å². The maximum atomic E-state index is 11.9. The molecule has 1 heterocycles. The number of esters is 1. The van der Waals surface area contributed by atoms with Gasteiger partial charge in [0.1, 0.15) is 6.10 Å². The number of unbranched alkanes of at least 4 members (excludes halogenated alkanes) is 3. The average molecular weight is 282 g/mol. The molecule has 1 atom stereocenters. The first-order valence-corrected chi connectivity index (χ1v) is 9.02. The van der Waals surface area contributed by atoms with Gasteiger partial charge in [0.05, 0.1) is 0 Å². The largest absolute Gasteiger partial charge is 0.462 e. The first-order valence-electron chi connectivity index (χ1n) is 9.02. The second kappa shape index (κ2) is 12.2. The van der Waals surface area contributed by atoms with Gasteiger partial charge in [-0.15, -0.1) is 0 Å². The molecule has 0 aromatic carbocycles. The minimum atomic E-state index is 0.0461. The van der Waals surface area contributed by atoms with Gasteiger partial charge in [-0.2, -0.15) is 0 Å². The summed E-state index contributed by atoms with van der Waals surface area (Å²) in [5.41, 5.74) is 0. The highest BCUT2D eigenvalue weighted by Gasteiger charge is 2.14. The molecule has 1 fully saturated rings. The molecule has 0 amide bonds. The van der Waals surface area contributed by atoms with Crippen LogP contribution in [0.25, 0.3) is 0 Å². The highest BCUT2D eigenvalue weighted by molar-refractivity contribution is 5.69. The summed E-state index contributed by atoms with van der Waals surface area (Å²) in [5.74, 6) is 0.0461. The zero-order chi connectivity index (χ0) is 14.5. The second-order valence-electron chi connectivity index (χ2n) is 6.33. The molecule has 2 heteroatoms. The number of hydrogen-bond donors (Lipinski definition) is 0. The van der Waals surface area contributed by atoms with E-state index in [-0.39, 0.29) is 12.1 Å². The van der Waals surface area contributed by atoms with Crippen molar-refractivity contribution in [2.75, 3.05) is 0 Å². The Hall–Kier alpha value is -0.530. The molecule has 1 unspecified atom stereocenters. The minimum absolute atomic E-state index is 0.0461. The molecule has 0 aliphatic carbocycles. The third-order valence-corrected chi connectivity index (χ3v) is 4.33. The quantitative estimate of drug-likeness (QED) is 0.471. The molecular weight excluding hydrogens is 248 g/mol. The summed E-state index contributed by atoms with van der Waals surface area (Å²) < 4.78 is 5.71. The number of hydrogen-bond acceptors (Lipinski definition) is 2. The van der Waals surface area contributed by atoms with E-state index in [2.05, 4.69) is 6.92 Å². The lowest BCUT2D eigenvalue weighted by Gasteiger charge is -2.18. The van der Waals surface area contributed by atoms with Gasteiger partial charge in [0.15, 0.2) is 0 Å². The molecule has 0 aromatic rings. The van der Waals surface area contributed by atoms with Crippen LogP contribution in [0, 0.1) is 0 Å². The van der Waals surface area contributed by atoms with Gasteiger partial charge in [-0.1, -0.05) is 64.7 Å². The number of cyclic esters (lactones) is 1. The van der Waals surface area contributed by atoms with Gasteiger partial charge >= 0.3 is 5.97 Å². The fourth-order valence-electron chi connectivity index (χ4n) is 3.01. The zero-order valence-electron chi connectivity index (χ0n) is 13.5. The zero-order valence-corrected chi connectivity index (χ0v) is 13.5. The molecule has 20 heavy (non-hydrogen) atoms. The Morgan fingerprint density at radius 3 is 2.25 bits per heavy atom. The van der Waals surface area contributed by atoms with Crippen molar-refractivity contribution >= 4 is 5.97 Å². The number of carbonyl (C=O) groups excluding carboxylic acids is 1. The molecular formula is C18H34O2. The van der Waals surface area contributed by atoms with E-state index in [0.717, 1.165) is 19.3 Å². The third-order valence-electron chi connectivity index (χ3n) is 4.33. The summed E-state index contributed by atoms with van der Waals surface area (Å²) in [6, 6.07) is 0. The summed E-state index contributed by atoms with van der Waals surface area (Å²) in [4.78, 5) is 11.9. The lowest BCUT2D eigenvalue weighted by atomic mass is 10.0. The van der Waals surface area contributed by atoms with Crippen molar-refractivity contribution in [2.45, 2.75) is 109 Å². The van der Waals surface area contributed by atoms with E-state index in [1.165, 1.54) is 70.6 Å². The Morgan fingerprint density at radius 1 is 0.900 bits per heavy atom. The lowest BCUT2D eigenvalue weighted by Crippen LogP contribution is -2.18. The Morgan fingerprint density at radius 2 is 1.55 bits per heavy atom. The maximum Gasteiger partial charge on any atom is 0.306 e.